The van der Waals surface area contributed by atoms with Gasteiger partial charge in [0, 0.05) is 6.54 Å². The van der Waals surface area contributed by atoms with Crippen LogP contribution in [0.2, 0.25) is 0 Å². The molecule has 0 amide bonds. The highest BCUT2D eigenvalue weighted by Crippen LogP contribution is 2.11. The largest absolute Gasteiger partial charge is 0.392 e. The SMILES string of the molecule is CCCc1ccc(S(=O)(=O)NCC(C)O)cc1. The fourth-order valence-electron chi connectivity index (χ4n) is 1.44. The van der Waals surface area contributed by atoms with Crippen molar-refractivity contribution < 1.29 is 13.5 Å². The number of aliphatic hydroxyl groups is 1. The van der Waals surface area contributed by atoms with Crippen LogP contribution in [0.25, 0.3) is 0 Å². The molecule has 0 spiro atoms. The van der Waals surface area contributed by atoms with E-state index < -0.39 is 16.1 Å². The van der Waals surface area contributed by atoms with Crippen molar-refractivity contribution in [3.63, 3.8) is 0 Å². The zero-order valence-corrected chi connectivity index (χ0v) is 11.0. The normalized spacial score (nSPS) is 13.6. The molecule has 1 rings (SSSR count). The molecule has 0 radical (unpaired) electrons. The number of nitrogens with one attached hydrogen (secondary N) is 1. The van der Waals surface area contributed by atoms with Gasteiger partial charge in [-0.3, -0.25) is 0 Å². The van der Waals surface area contributed by atoms with E-state index in [2.05, 4.69) is 11.6 Å². The Hall–Kier alpha value is -0.910. The minimum atomic E-state index is -3.50. The van der Waals surface area contributed by atoms with E-state index in [9.17, 15) is 8.42 Å². The van der Waals surface area contributed by atoms with Crippen LogP contribution >= 0.6 is 0 Å². The first-order valence-electron chi connectivity index (χ1n) is 5.72. The summed E-state index contributed by atoms with van der Waals surface area (Å²) >= 11 is 0. The first kappa shape index (κ1) is 14.2. The van der Waals surface area contributed by atoms with Crippen LogP contribution in [0.3, 0.4) is 0 Å². The van der Waals surface area contributed by atoms with Crippen molar-refractivity contribution in [2.45, 2.75) is 37.7 Å². The second-order valence-electron chi connectivity index (χ2n) is 4.09. The lowest BCUT2D eigenvalue weighted by Gasteiger charge is -2.08. The lowest BCUT2D eigenvalue weighted by molar-refractivity contribution is 0.198. The number of rotatable bonds is 6. The summed E-state index contributed by atoms with van der Waals surface area (Å²) in [7, 11) is -3.50. The van der Waals surface area contributed by atoms with Gasteiger partial charge in [0.25, 0.3) is 0 Å². The molecule has 0 fully saturated rings. The van der Waals surface area contributed by atoms with E-state index >= 15 is 0 Å². The van der Waals surface area contributed by atoms with Crippen molar-refractivity contribution in [1.29, 1.82) is 0 Å². The molecular weight excluding hydrogens is 238 g/mol. The highest BCUT2D eigenvalue weighted by Gasteiger charge is 2.13. The fraction of sp³-hybridized carbons (Fsp3) is 0.500. The van der Waals surface area contributed by atoms with Gasteiger partial charge in [-0.15, -0.1) is 0 Å². The van der Waals surface area contributed by atoms with Crippen molar-refractivity contribution in [3.05, 3.63) is 29.8 Å². The Balaban J connectivity index is 2.77. The number of hydrogen-bond acceptors (Lipinski definition) is 3. The van der Waals surface area contributed by atoms with Crippen LogP contribution in [0.1, 0.15) is 25.8 Å². The molecule has 0 bridgehead atoms. The van der Waals surface area contributed by atoms with Crippen LogP contribution in [-0.2, 0) is 16.4 Å². The van der Waals surface area contributed by atoms with Gasteiger partial charge < -0.3 is 5.11 Å². The summed E-state index contributed by atoms with van der Waals surface area (Å²) in [5.41, 5.74) is 1.13. The molecule has 2 N–H and O–H groups in total. The second kappa shape index (κ2) is 6.14. The fourth-order valence-corrected chi connectivity index (χ4v) is 2.56. The molecule has 1 unspecified atom stereocenters. The number of hydrogen-bond donors (Lipinski definition) is 2. The molecule has 0 aliphatic carbocycles. The van der Waals surface area contributed by atoms with Gasteiger partial charge in [0.2, 0.25) is 10.0 Å². The van der Waals surface area contributed by atoms with Gasteiger partial charge in [0.15, 0.2) is 0 Å². The van der Waals surface area contributed by atoms with Crippen molar-refractivity contribution in [3.8, 4) is 0 Å². The van der Waals surface area contributed by atoms with Crippen LogP contribution in [0.4, 0.5) is 0 Å². The van der Waals surface area contributed by atoms with Gasteiger partial charge in [-0.1, -0.05) is 25.5 Å². The lowest BCUT2D eigenvalue weighted by Crippen LogP contribution is -2.30. The lowest BCUT2D eigenvalue weighted by atomic mass is 10.1. The molecule has 5 heteroatoms. The second-order valence-corrected chi connectivity index (χ2v) is 5.86. The Morgan fingerprint density at radius 1 is 1.29 bits per heavy atom. The molecule has 17 heavy (non-hydrogen) atoms. The first-order chi connectivity index (χ1) is 7.95. The van der Waals surface area contributed by atoms with E-state index in [1.54, 1.807) is 12.1 Å². The monoisotopic (exact) mass is 257 g/mol. The van der Waals surface area contributed by atoms with Gasteiger partial charge in [-0.25, -0.2) is 13.1 Å². The molecule has 0 heterocycles. The number of aryl methyl sites for hydroxylation is 1. The maximum Gasteiger partial charge on any atom is 0.240 e. The molecule has 1 aromatic rings. The highest BCUT2D eigenvalue weighted by molar-refractivity contribution is 7.89. The first-order valence-corrected chi connectivity index (χ1v) is 7.20. The Kier molecular flexibility index (Phi) is 5.11. The van der Waals surface area contributed by atoms with Crippen LogP contribution in [0.5, 0.6) is 0 Å². The van der Waals surface area contributed by atoms with Gasteiger partial charge in [-0.2, -0.15) is 0 Å². The Bertz CT molecular complexity index is 437. The minimum Gasteiger partial charge on any atom is -0.392 e. The van der Waals surface area contributed by atoms with E-state index in [0.717, 1.165) is 18.4 Å². The van der Waals surface area contributed by atoms with Crippen molar-refractivity contribution >= 4 is 10.0 Å². The summed E-state index contributed by atoms with van der Waals surface area (Å²) < 4.78 is 25.9. The van der Waals surface area contributed by atoms with Gasteiger partial charge in [0.1, 0.15) is 0 Å². The highest BCUT2D eigenvalue weighted by atomic mass is 32.2. The smallest absolute Gasteiger partial charge is 0.240 e. The third-order valence-corrected chi connectivity index (χ3v) is 3.78. The standard InChI is InChI=1S/C12H19NO3S/c1-3-4-11-5-7-12(8-6-11)17(15,16)13-9-10(2)14/h5-8,10,13-14H,3-4,9H2,1-2H3. The van der Waals surface area contributed by atoms with Crippen LogP contribution in [0, 0.1) is 0 Å². The van der Waals surface area contributed by atoms with Crippen molar-refractivity contribution in [2.75, 3.05) is 6.54 Å². The van der Waals surface area contributed by atoms with Gasteiger partial charge >= 0.3 is 0 Å². The quantitative estimate of drug-likeness (QED) is 0.807. The van der Waals surface area contributed by atoms with Crippen LogP contribution in [0.15, 0.2) is 29.2 Å². The van der Waals surface area contributed by atoms with Gasteiger partial charge in [-0.05, 0) is 31.0 Å². The summed E-state index contributed by atoms with van der Waals surface area (Å²) in [4.78, 5) is 0.234. The zero-order chi connectivity index (χ0) is 12.9. The molecule has 0 saturated carbocycles. The average Bonchev–Trinajstić information content (AvgIpc) is 2.28. The predicted molar refractivity (Wildman–Crippen MR) is 67.3 cm³/mol. The van der Waals surface area contributed by atoms with E-state index in [0.29, 0.717) is 0 Å². The van der Waals surface area contributed by atoms with E-state index in [1.807, 2.05) is 12.1 Å². The summed E-state index contributed by atoms with van der Waals surface area (Å²) in [6, 6.07) is 6.83. The molecule has 1 aromatic carbocycles. The number of benzene rings is 1. The van der Waals surface area contributed by atoms with Crippen LogP contribution < -0.4 is 4.72 Å². The molecule has 0 aromatic heterocycles. The topological polar surface area (TPSA) is 66.4 Å². The van der Waals surface area contributed by atoms with Crippen molar-refractivity contribution in [1.82, 2.24) is 4.72 Å². The molecule has 4 nitrogen and oxygen atoms in total. The summed E-state index contributed by atoms with van der Waals surface area (Å²) in [6.07, 6.45) is 1.29. The molecule has 96 valence electrons. The average molecular weight is 257 g/mol. The molecular formula is C12H19NO3S. The third-order valence-electron chi connectivity index (χ3n) is 2.34. The minimum absolute atomic E-state index is 0.0268. The summed E-state index contributed by atoms with van der Waals surface area (Å²) in [6.45, 7) is 3.64. The Labute approximate surface area is 103 Å². The van der Waals surface area contributed by atoms with E-state index in [1.165, 1.54) is 6.92 Å². The molecule has 0 aliphatic heterocycles. The summed E-state index contributed by atoms with van der Waals surface area (Å²) in [5, 5.41) is 9.05. The molecule has 0 aliphatic rings. The van der Waals surface area contributed by atoms with E-state index in [-0.39, 0.29) is 11.4 Å². The summed E-state index contributed by atoms with van der Waals surface area (Å²) in [5.74, 6) is 0. The maximum absolute atomic E-state index is 11.8. The Morgan fingerprint density at radius 2 is 1.88 bits per heavy atom. The molecule has 1 atom stereocenters. The Morgan fingerprint density at radius 3 is 2.35 bits per heavy atom. The zero-order valence-electron chi connectivity index (χ0n) is 10.2. The number of sulfonamides is 1. The van der Waals surface area contributed by atoms with Crippen LogP contribution in [-0.4, -0.2) is 26.2 Å². The van der Waals surface area contributed by atoms with Crippen molar-refractivity contribution in [2.24, 2.45) is 0 Å². The predicted octanol–water partition coefficient (Wildman–Crippen LogP) is 1.30. The molecule has 0 saturated heterocycles. The third kappa shape index (κ3) is 4.46. The number of aliphatic hydroxyl groups excluding tert-OH is 1. The van der Waals surface area contributed by atoms with Gasteiger partial charge in [0.05, 0.1) is 11.0 Å². The maximum atomic E-state index is 11.8. The van der Waals surface area contributed by atoms with E-state index in [4.69, 9.17) is 5.11 Å².